The summed E-state index contributed by atoms with van der Waals surface area (Å²) in [7, 11) is 6.33. The Labute approximate surface area is 33.7 Å². The summed E-state index contributed by atoms with van der Waals surface area (Å²) < 4.78 is 0. The Morgan fingerprint density at radius 1 is 1.75 bits per heavy atom. The van der Waals surface area contributed by atoms with Crippen LogP contribution in [0, 0.1) is 0 Å². The quantitative estimate of drug-likeness (QED) is 0.342. The molecule has 0 aromatic heterocycles. The number of hydrogen-bond acceptors (Lipinski definition) is 0. The Kier molecular flexibility index (Phi) is 5.83. The van der Waals surface area contributed by atoms with E-state index in [-0.39, 0.29) is 0 Å². The second-order valence-corrected chi connectivity index (χ2v) is 3.67. The van der Waals surface area contributed by atoms with Gasteiger partial charge in [0.25, 0.3) is 0 Å². The first-order chi connectivity index (χ1) is 1.91. The highest BCUT2D eigenvalue weighted by atomic mass is 32.0. The van der Waals surface area contributed by atoms with E-state index in [1.54, 1.807) is 0 Å². The highest BCUT2D eigenvalue weighted by Gasteiger charge is 1.60. The third-order valence-electron chi connectivity index (χ3n) is 0.118. The second kappa shape index (κ2) is 4.35. The van der Waals surface area contributed by atoms with Crippen LogP contribution in [-0.2, 0) is 0 Å². The van der Waals surface area contributed by atoms with Crippen LogP contribution in [-0.4, -0.2) is 6.72 Å². The molecule has 0 aliphatic rings. The fourth-order valence-electron chi connectivity index (χ4n) is 0. The van der Waals surface area contributed by atoms with E-state index in [2.05, 4.69) is 18.0 Å². The van der Waals surface area contributed by atoms with Gasteiger partial charge in [-0.05, 0) is 0 Å². The van der Waals surface area contributed by atoms with Crippen LogP contribution in [0.2, 0.25) is 0 Å². The van der Waals surface area contributed by atoms with E-state index in [9.17, 15) is 0 Å². The van der Waals surface area contributed by atoms with E-state index in [4.69, 9.17) is 0 Å². The summed E-state index contributed by atoms with van der Waals surface area (Å²) in [5.41, 5.74) is 0. The summed E-state index contributed by atoms with van der Waals surface area (Å²) in [6.45, 7) is 1.23. The third-order valence-corrected chi connectivity index (χ3v) is 3.18. The first kappa shape index (κ1) is 5.35. The van der Waals surface area contributed by atoms with Crippen LogP contribution >= 0.6 is 26.2 Å². The lowest BCUT2D eigenvalue weighted by Crippen LogP contribution is -1.38. The SMILES string of the molecule is PBPP. The molecule has 0 nitrogen and oxygen atoms in total. The molecule has 3 atom stereocenters. The van der Waals surface area contributed by atoms with E-state index in [0.29, 0.717) is 0 Å². The topological polar surface area (TPSA) is 0 Å². The average molecular weight is 110 g/mol. The highest BCUT2D eigenvalue weighted by Crippen LogP contribution is 2.18. The molecule has 0 amide bonds. The van der Waals surface area contributed by atoms with Crippen molar-refractivity contribution in [1.82, 2.24) is 0 Å². The maximum atomic E-state index is 2.66. The first-order valence-electron chi connectivity index (χ1n) is 1.05. The van der Waals surface area contributed by atoms with Crippen LogP contribution in [0.3, 0.4) is 0 Å². The van der Waals surface area contributed by atoms with Gasteiger partial charge in [-0.2, -0.15) is 9.12 Å². The van der Waals surface area contributed by atoms with Crippen molar-refractivity contribution < 1.29 is 0 Å². The maximum absolute atomic E-state index is 2.66. The molecule has 0 aromatic carbocycles. The predicted octanol–water partition coefficient (Wildman–Crippen LogP) is 0.597. The Bertz CT molecular complexity index is 5.25. The highest BCUT2D eigenvalue weighted by molar-refractivity contribution is 8.25. The van der Waals surface area contributed by atoms with Crippen molar-refractivity contribution in [3.63, 3.8) is 0 Å². The average Bonchev–Trinajstić information content (AvgIpc) is 1.37. The summed E-state index contributed by atoms with van der Waals surface area (Å²) in [4.78, 5) is 0. The molecule has 0 aliphatic carbocycles. The normalized spacial score (nSPS) is 9.50. The van der Waals surface area contributed by atoms with Gasteiger partial charge in [0, 0.05) is 0 Å². The minimum atomic E-state index is 1.02. The van der Waals surface area contributed by atoms with Gasteiger partial charge >= 0.3 is 0 Å². The summed E-state index contributed by atoms with van der Waals surface area (Å²) in [6, 6.07) is 0. The Morgan fingerprint density at radius 3 is 2.00 bits per heavy atom. The molecule has 0 rings (SSSR count). The monoisotopic (exact) mass is 110 g/mol. The van der Waals surface area contributed by atoms with Gasteiger partial charge in [-0.1, -0.05) is 0 Å². The largest absolute Gasteiger partial charge is 0.176 e. The standard InChI is InChI=1S/BH6P3/c2-1-4-3/h1,4H,2-3H2. The zero-order chi connectivity index (χ0) is 3.41. The number of rotatable bonds is 1. The van der Waals surface area contributed by atoms with Gasteiger partial charge in [0.2, 0.25) is 0 Å². The van der Waals surface area contributed by atoms with Gasteiger partial charge in [-0.15, -0.1) is 17.1 Å². The van der Waals surface area contributed by atoms with Crippen molar-refractivity contribution in [2.24, 2.45) is 0 Å². The summed E-state index contributed by atoms with van der Waals surface area (Å²) in [5.74, 6) is 0. The Balaban J connectivity index is 1.97. The van der Waals surface area contributed by atoms with Crippen molar-refractivity contribution in [1.29, 1.82) is 0 Å². The minimum Gasteiger partial charge on any atom is -0.169 e. The molecular weight excluding hydrogens is 104 g/mol. The van der Waals surface area contributed by atoms with Crippen LogP contribution in [0.4, 0.5) is 0 Å². The fraction of sp³-hybridized carbons (Fsp3) is 0. The van der Waals surface area contributed by atoms with Gasteiger partial charge in [-0.3, -0.25) is 0 Å². The van der Waals surface area contributed by atoms with E-state index < -0.39 is 0 Å². The third kappa shape index (κ3) is 3.35. The molecule has 0 aromatic rings. The van der Waals surface area contributed by atoms with Crippen LogP contribution in [0.15, 0.2) is 0 Å². The molecule has 0 fully saturated rings. The maximum Gasteiger partial charge on any atom is 0.176 e. The van der Waals surface area contributed by atoms with E-state index >= 15 is 0 Å². The molecule has 0 radical (unpaired) electrons. The van der Waals surface area contributed by atoms with Gasteiger partial charge in [-0.25, -0.2) is 0 Å². The molecule has 0 bridgehead atoms. The second-order valence-electron chi connectivity index (χ2n) is 0.408. The minimum absolute atomic E-state index is 1.02. The van der Waals surface area contributed by atoms with Crippen LogP contribution < -0.4 is 0 Å². The van der Waals surface area contributed by atoms with Crippen molar-refractivity contribution in [2.45, 2.75) is 0 Å². The van der Waals surface area contributed by atoms with Crippen LogP contribution in [0.5, 0.6) is 0 Å². The lowest BCUT2D eigenvalue weighted by atomic mass is 10.7. The summed E-state index contributed by atoms with van der Waals surface area (Å²) in [6.07, 6.45) is 0. The predicted molar refractivity (Wildman–Crippen MR) is 34.9 cm³/mol. The number of hydrogen-bond donors (Lipinski definition) is 0. The molecule has 0 heterocycles. The summed E-state index contributed by atoms with van der Waals surface area (Å²) in [5, 5.41) is 0. The lowest BCUT2D eigenvalue weighted by molar-refractivity contribution is 4.72. The van der Waals surface area contributed by atoms with Crippen molar-refractivity contribution in [3.8, 4) is 0 Å². The zero-order valence-electron chi connectivity index (χ0n) is 2.36. The van der Waals surface area contributed by atoms with Gasteiger partial charge in [0.1, 0.15) is 0 Å². The Morgan fingerprint density at radius 2 is 2.00 bits per heavy atom. The molecule has 0 saturated heterocycles. The molecule has 0 N–H and O–H groups in total. The van der Waals surface area contributed by atoms with E-state index in [1.807, 2.05) is 0 Å². The van der Waals surface area contributed by atoms with Gasteiger partial charge in [0.05, 0.1) is 0 Å². The fourth-order valence-corrected chi connectivity index (χ4v) is 0. The molecular formula is H6BP3. The molecule has 0 saturated carbocycles. The molecule has 0 aliphatic heterocycles. The van der Waals surface area contributed by atoms with Crippen molar-refractivity contribution in [3.05, 3.63) is 0 Å². The zero-order valence-corrected chi connectivity index (χ0v) is 5.67. The van der Waals surface area contributed by atoms with Crippen LogP contribution in [0.25, 0.3) is 0 Å². The van der Waals surface area contributed by atoms with Gasteiger partial charge in [0.15, 0.2) is 6.72 Å². The van der Waals surface area contributed by atoms with Crippen molar-refractivity contribution >= 4 is 32.9 Å². The van der Waals surface area contributed by atoms with E-state index in [0.717, 1.165) is 8.15 Å². The van der Waals surface area contributed by atoms with E-state index in [1.165, 1.54) is 6.72 Å². The molecule has 3 unspecified atom stereocenters. The van der Waals surface area contributed by atoms with Crippen LogP contribution in [0.1, 0.15) is 0 Å². The first-order valence-corrected chi connectivity index (χ1v) is 4.88. The van der Waals surface area contributed by atoms with Crippen molar-refractivity contribution in [2.75, 3.05) is 0 Å². The smallest absolute Gasteiger partial charge is 0.169 e. The van der Waals surface area contributed by atoms with Gasteiger partial charge < -0.3 is 0 Å². The Hall–Kier alpha value is 1.35. The molecule has 4 heteroatoms. The molecule has 24 valence electrons. The lowest BCUT2D eigenvalue weighted by Gasteiger charge is -1.65. The summed E-state index contributed by atoms with van der Waals surface area (Å²) >= 11 is 0. The molecule has 4 heavy (non-hydrogen) atoms. The molecule has 0 spiro atoms.